The minimum Gasteiger partial charge on any atom is -0.506 e. The number of carbonyl (C=O) groups is 2. The van der Waals surface area contributed by atoms with Gasteiger partial charge in [-0.2, -0.15) is 0 Å². The maximum atomic E-state index is 13.1. The molecule has 2 fully saturated rings. The number of phenolic OH excluding ortho intramolecular Hbond substituents is 1. The van der Waals surface area contributed by atoms with Crippen LogP contribution in [-0.2, 0) is 14.6 Å². The number of benzene rings is 2. The Morgan fingerprint density at radius 2 is 1.89 bits per heavy atom. The maximum absolute atomic E-state index is 13.1. The average Bonchev–Trinajstić information content (AvgIpc) is 3.28. The molecule has 0 radical (unpaired) electrons. The molecule has 7 nitrogen and oxygen atoms in total. The van der Waals surface area contributed by atoms with Gasteiger partial charge in [-0.1, -0.05) is 30.3 Å². The summed E-state index contributed by atoms with van der Waals surface area (Å²) in [6, 6.07) is 9.55. The maximum Gasteiger partial charge on any atom is 0.258 e. The Bertz CT molecular complexity index is 1050. The van der Waals surface area contributed by atoms with Gasteiger partial charge in [0.2, 0.25) is 5.91 Å². The molecule has 2 unspecified atom stereocenters. The van der Waals surface area contributed by atoms with Gasteiger partial charge < -0.3 is 15.3 Å². The van der Waals surface area contributed by atoms with Crippen molar-refractivity contribution in [3.05, 3.63) is 42.0 Å². The van der Waals surface area contributed by atoms with Crippen molar-refractivity contribution < 1.29 is 23.1 Å². The van der Waals surface area contributed by atoms with E-state index in [1.165, 1.54) is 4.90 Å². The highest BCUT2D eigenvalue weighted by Gasteiger charge is 2.38. The van der Waals surface area contributed by atoms with Crippen LogP contribution in [0.15, 0.2) is 36.4 Å². The number of nitrogens with one attached hydrogen (secondary N) is 1. The van der Waals surface area contributed by atoms with Gasteiger partial charge in [-0.25, -0.2) is 8.42 Å². The highest BCUT2D eigenvalue weighted by atomic mass is 32.2. The molecule has 4 rings (SSSR count). The first-order valence-corrected chi connectivity index (χ1v) is 11.2. The van der Waals surface area contributed by atoms with Gasteiger partial charge in [0.05, 0.1) is 17.1 Å². The van der Waals surface area contributed by atoms with Crippen molar-refractivity contribution in [3.8, 4) is 5.75 Å². The molecule has 0 bridgehead atoms. The predicted octanol–water partition coefficient (Wildman–Crippen LogP) is 1.45. The number of hydrogen-bond acceptors (Lipinski definition) is 5. The lowest BCUT2D eigenvalue weighted by atomic mass is 10.0. The van der Waals surface area contributed by atoms with Crippen molar-refractivity contribution in [2.24, 2.45) is 0 Å². The first-order chi connectivity index (χ1) is 13.4. The number of likely N-dealkylation sites (tertiary alicyclic amines) is 1. The molecule has 2 amide bonds. The second-order valence-electron chi connectivity index (χ2n) is 7.45. The zero-order valence-corrected chi connectivity index (χ0v) is 16.1. The molecule has 2 heterocycles. The van der Waals surface area contributed by atoms with E-state index in [1.54, 1.807) is 24.3 Å². The van der Waals surface area contributed by atoms with Gasteiger partial charge in [0, 0.05) is 18.0 Å². The van der Waals surface area contributed by atoms with E-state index >= 15 is 0 Å². The molecule has 2 aromatic rings. The average molecular weight is 402 g/mol. The second-order valence-corrected chi connectivity index (χ2v) is 9.68. The summed E-state index contributed by atoms with van der Waals surface area (Å²) in [5, 5.41) is 14.8. The standard InChI is InChI=1S/C20H22N2O5S/c23-18-15-5-2-1-4-13(15)7-8-16(18)20(25)22-10-3-6-17(22)19(24)21-14-9-11-28(26,27)12-14/h1-2,4-5,7-8,14,17,23H,3,6,9-12H2,(H,21,24). The van der Waals surface area contributed by atoms with Gasteiger partial charge in [0.15, 0.2) is 9.84 Å². The van der Waals surface area contributed by atoms with E-state index in [2.05, 4.69) is 5.32 Å². The summed E-state index contributed by atoms with van der Waals surface area (Å²) in [6.45, 7) is 0.423. The van der Waals surface area contributed by atoms with Crippen molar-refractivity contribution in [3.63, 3.8) is 0 Å². The minimum atomic E-state index is -3.09. The van der Waals surface area contributed by atoms with E-state index in [1.807, 2.05) is 12.1 Å². The van der Waals surface area contributed by atoms with E-state index < -0.39 is 21.9 Å². The molecule has 0 saturated carbocycles. The van der Waals surface area contributed by atoms with Crippen LogP contribution in [0.5, 0.6) is 5.75 Å². The van der Waals surface area contributed by atoms with Crippen molar-refractivity contribution in [1.82, 2.24) is 10.2 Å². The number of hydrogen-bond donors (Lipinski definition) is 2. The molecule has 2 saturated heterocycles. The number of aromatic hydroxyl groups is 1. The number of rotatable bonds is 3. The van der Waals surface area contributed by atoms with E-state index in [0.717, 1.165) is 5.39 Å². The van der Waals surface area contributed by atoms with Gasteiger partial charge >= 0.3 is 0 Å². The molecule has 148 valence electrons. The third-order valence-electron chi connectivity index (χ3n) is 5.53. The Hall–Kier alpha value is -2.61. The molecular formula is C20H22N2O5S. The first kappa shape index (κ1) is 18.7. The monoisotopic (exact) mass is 402 g/mol. The van der Waals surface area contributed by atoms with Crippen molar-refractivity contribution >= 4 is 32.4 Å². The SMILES string of the molecule is O=C(NC1CCS(=O)(=O)C1)C1CCCN1C(=O)c1ccc2ccccc2c1O. The lowest BCUT2D eigenvalue weighted by Crippen LogP contribution is -2.49. The fourth-order valence-electron chi connectivity index (χ4n) is 4.07. The summed E-state index contributed by atoms with van der Waals surface area (Å²) >= 11 is 0. The van der Waals surface area contributed by atoms with Gasteiger partial charge in [-0.3, -0.25) is 9.59 Å². The Balaban J connectivity index is 1.54. The molecule has 2 atom stereocenters. The highest BCUT2D eigenvalue weighted by Crippen LogP contribution is 2.31. The predicted molar refractivity (Wildman–Crippen MR) is 105 cm³/mol. The van der Waals surface area contributed by atoms with Crippen LogP contribution in [0.2, 0.25) is 0 Å². The van der Waals surface area contributed by atoms with E-state index in [4.69, 9.17) is 0 Å². The van der Waals surface area contributed by atoms with Crippen LogP contribution >= 0.6 is 0 Å². The third-order valence-corrected chi connectivity index (χ3v) is 7.29. The Labute approximate surface area is 163 Å². The summed E-state index contributed by atoms with van der Waals surface area (Å²) in [4.78, 5) is 27.2. The molecule has 2 N–H and O–H groups in total. The topological polar surface area (TPSA) is 104 Å². The fraction of sp³-hybridized carbons (Fsp3) is 0.400. The number of fused-ring (bicyclic) bond motifs is 1. The quantitative estimate of drug-likeness (QED) is 0.809. The second kappa shape index (κ2) is 7.09. The molecule has 0 aromatic heterocycles. The van der Waals surface area contributed by atoms with E-state index in [-0.39, 0.29) is 34.6 Å². The molecule has 2 aliphatic heterocycles. The van der Waals surface area contributed by atoms with Crippen LogP contribution < -0.4 is 5.32 Å². The lowest BCUT2D eigenvalue weighted by Gasteiger charge is -2.25. The summed E-state index contributed by atoms with van der Waals surface area (Å²) in [6.07, 6.45) is 1.60. The molecule has 2 aromatic carbocycles. The van der Waals surface area contributed by atoms with Gasteiger partial charge in [0.25, 0.3) is 5.91 Å². The zero-order chi connectivity index (χ0) is 19.9. The lowest BCUT2D eigenvalue weighted by molar-refractivity contribution is -0.125. The zero-order valence-electron chi connectivity index (χ0n) is 15.3. The molecule has 0 aliphatic carbocycles. The van der Waals surface area contributed by atoms with Crippen LogP contribution in [-0.4, -0.2) is 60.4 Å². The minimum absolute atomic E-state index is 0.0507. The summed E-state index contributed by atoms with van der Waals surface area (Å²) < 4.78 is 23.2. The number of amides is 2. The van der Waals surface area contributed by atoms with Gasteiger partial charge in [0.1, 0.15) is 11.8 Å². The third kappa shape index (κ3) is 3.44. The Morgan fingerprint density at radius 1 is 1.11 bits per heavy atom. The van der Waals surface area contributed by atoms with Crippen molar-refractivity contribution in [2.45, 2.75) is 31.3 Å². The van der Waals surface area contributed by atoms with Crippen LogP contribution in [0.1, 0.15) is 29.6 Å². The normalized spacial score (nSPS) is 23.8. The fourth-order valence-corrected chi connectivity index (χ4v) is 5.74. The van der Waals surface area contributed by atoms with Gasteiger partial charge in [-0.15, -0.1) is 0 Å². The van der Waals surface area contributed by atoms with Crippen LogP contribution in [0, 0.1) is 0 Å². The summed E-state index contributed by atoms with van der Waals surface area (Å²) in [5.41, 5.74) is 0.168. The van der Waals surface area contributed by atoms with Crippen molar-refractivity contribution in [1.29, 1.82) is 0 Å². The van der Waals surface area contributed by atoms with Gasteiger partial charge in [-0.05, 0) is 30.7 Å². The van der Waals surface area contributed by atoms with E-state index in [9.17, 15) is 23.1 Å². The summed E-state index contributed by atoms with van der Waals surface area (Å²) in [5.74, 6) is -0.773. The Kier molecular flexibility index (Phi) is 4.74. The molecule has 8 heteroatoms. The molecular weight excluding hydrogens is 380 g/mol. The van der Waals surface area contributed by atoms with Crippen LogP contribution in [0.4, 0.5) is 0 Å². The van der Waals surface area contributed by atoms with E-state index in [0.29, 0.717) is 31.2 Å². The Morgan fingerprint density at radius 3 is 2.64 bits per heavy atom. The largest absolute Gasteiger partial charge is 0.506 e. The van der Waals surface area contributed by atoms with Crippen LogP contribution in [0.25, 0.3) is 10.8 Å². The first-order valence-electron chi connectivity index (χ1n) is 9.38. The number of carbonyl (C=O) groups excluding carboxylic acids is 2. The number of phenols is 1. The smallest absolute Gasteiger partial charge is 0.258 e. The number of sulfone groups is 1. The van der Waals surface area contributed by atoms with Crippen LogP contribution in [0.3, 0.4) is 0 Å². The number of nitrogens with zero attached hydrogens (tertiary/aromatic N) is 1. The molecule has 2 aliphatic rings. The molecule has 28 heavy (non-hydrogen) atoms. The van der Waals surface area contributed by atoms with Crippen molar-refractivity contribution in [2.75, 3.05) is 18.1 Å². The highest BCUT2D eigenvalue weighted by molar-refractivity contribution is 7.91. The molecule has 0 spiro atoms. The summed E-state index contributed by atoms with van der Waals surface area (Å²) in [7, 11) is -3.09.